The Balaban J connectivity index is 1.19. The molecule has 2 aromatic heterocycles. The highest BCUT2D eigenvalue weighted by molar-refractivity contribution is 5.97. The Hall–Kier alpha value is -5.07. The van der Waals surface area contributed by atoms with E-state index in [4.69, 9.17) is 19.0 Å². The van der Waals surface area contributed by atoms with Crippen molar-refractivity contribution >= 4 is 46.9 Å². The van der Waals surface area contributed by atoms with Crippen molar-refractivity contribution in [2.24, 2.45) is 0 Å². The number of furan rings is 1. The molecule has 3 heterocycles. The van der Waals surface area contributed by atoms with Crippen LogP contribution < -0.4 is 20.7 Å². The largest absolute Gasteiger partial charge is 0.490 e. The minimum Gasteiger partial charge on any atom is -0.490 e. The number of nitrogens with one attached hydrogen (secondary N) is 3. The predicted molar refractivity (Wildman–Crippen MR) is 179 cm³/mol. The minimum absolute atomic E-state index is 0.0244. The molecule has 1 saturated carbocycles. The van der Waals surface area contributed by atoms with E-state index in [0.717, 1.165) is 42.2 Å². The fourth-order valence-corrected chi connectivity index (χ4v) is 5.98. The second-order valence-electron chi connectivity index (χ2n) is 13.4. The van der Waals surface area contributed by atoms with E-state index in [1.165, 1.54) is 6.08 Å². The molecule has 0 spiro atoms. The van der Waals surface area contributed by atoms with Gasteiger partial charge in [-0.1, -0.05) is 6.07 Å². The zero-order valence-electron chi connectivity index (χ0n) is 27.9. The maximum absolute atomic E-state index is 13.1. The standard InChI is InChI=1S/C35H43N5O8/c1-20-28(47-27-8-6-7-26(30(20)27)46-24-13-11-23(12-14-24)37-33(43)44)19-40(5)29(41)16-9-21-17-22-10-15-25(32(42)39-31(22)36-18-21)38-34(45)48-35(2,3)4/h6-9,16-18,23-25,37H,10-15,19H2,1-5H3,(H,38,45)(H,43,44)(H,36,39,42)/b16-9+/t23-,24-,25?. The molecule has 1 unspecified atom stereocenters. The van der Waals surface area contributed by atoms with E-state index in [1.54, 1.807) is 45.0 Å². The van der Waals surface area contributed by atoms with E-state index in [0.29, 0.717) is 41.3 Å². The Morgan fingerprint density at radius 2 is 1.90 bits per heavy atom. The number of nitrogens with zero attached hydrogens (tertiary/aromatic N) is 2. The van der Waals surface area contributed by atoms with Gasteiger partial charge in [-0.05, 0) is 102 Å². The number of hydrogen-bond donors (Lipinski definition) is 4. The number of fused-ring (bicyclic) bond motifs is 2. The molecule has 4 amide bonds. The molecule has 1 aliphatic carbocycles. The molecule has 13 heteroatoms. The van der Waals surface area contributed by atoms with E-state index in [1.807, 2.05) is 31.2 Å². The number of rotatable bonds is 8. The summed E-state index contributed by atoms with van der Waals surface area (Å²) < 4.78 is 17.8. The zero-order valence-corrected chi connectivity index (χ0v) is 27.9. The maximum atomic E-state index is 13.1. The van der Waals surface area contributed by atoms with Crippen LogP contribution in [-0.2, 0) is 27.3 Å². The Labute approximate surface area is 279 Å². The molecular formula is C35H43N5O8. The first kappa shape index (κ1) is 34.3. The summed E-state index contributed by atoms with van der Waals surface area (Å²) in [6, 6.07) is 6.69. The first-order valence-electron chi connectivity index (χ1n) is 16.2. The van der Waals surface area contributed by atoms with Crippen LogP contribution in [0.3, 0.4) is 0 Å². The maximum Gasteiger partial charge on any atom is 0.408 e. The second-order valence-corrected chi connectivity index (χ2v) is 13.4. The molecule has 1 aliphatic heterocycles. The molecule has 1 atom stereocenters. The van der Waals surface area contributed by atoms with Crippen LogP contribution in [0.5, 0.6) is 5.75 Å². The van der Waals surface area contributed by atoms with Gasteiger partial charge in [0.05, 0.1) is 18.0 Å². The number of carboxylic acid groups (broad SMARTS) is 1. The molecule has 48 heavy (non-hydrogen) atoms. The van der Waals surface area contributed by atoms with Gasteiger partial charge >= 0.3 is 12.2 Å². The summed E-state index contributed by atoms with van der Waals surface area (Å²) in [5, 5.41) is 17.8. The Morgan fingerprint density at radius 3 is 2.60 bits per heavy atom. The molecule has 0 bridgehead atoms. The Morgan fingerprint density at radius 1 is 1.15 bits per heavy atom. The van der Waals surface area contributed by atoms with Gasteiger partial charge < -0.3 is 39.8 Å². The van der Waals surface area contributed by atoms with Crippen LogP contribution in [-0.4, -0.2) is 69.8 Å². The summed E-state index contributed by atoms with van der Waals surface area (Å²) in [6.45, 7) is 7.45. The van der Waals surface area contributed by atoms with Crippen LogP contribution in [0.2, 0.25) is 0 Å². The molecule has 3 aromatic rings. The number of carbonyl (C=O) groups excluding carboxylic acids is 3. The van der Waals surface area contributed by atoms with Crippen LogP contribution in [0.1, 0.15) is 75.3 Å². The van der Waals surface area contributed by atoms with Crippen molar-refractivity contribution in [2.45, 2.75) is 96.6 Å². The summed E-state index contributed by atoms with van der Waals surface area (Å²) in [6.07, 6.45) is 6.80. The van der Waals surface area contributed by atoms with Crippen molar-refractivity contribution in [1.82, 2.24) is 20.5 Å². The highest BCUT2D eigenvalue weighted by Crippen LogP contribution is 2.36. The highest BCUT2D eigenvalue weighted by atomic mass is 16.6. The van der Waals surface area contributed by atoms with Crippen molar-refractivity contribution in [2.75, 3.05) is 12.4 Å². The lowest BCUT2D eigenvalue weighted by molar-refractivity contribution is -0.125. The molecule has 0 saturated heterocycles. The number of alkyl carbamates (subject to hydrolysis) is 1. The number of hydrogen-bond acceptors (Lipinski definition) is 8. The molecule has 1 aromatic carbocycles. The fourth-order valence-electron chi connectivity index (χ4n) is 5.98. The van der Waals surface area contributed by atoms with Crippen LogP contribution in [0.15, 0.2) is 41.0 Å². The van der Waals surface area contributed by atoms with Crippen molar-refractivity contribution in [3.8, 4) is 5.75 Å². The van der Waals surface area contributed by atoms with Gasteiger partial charge in [0, 0.05) is 30.9 Å². The van der Waals surface area contributed by atoms with E-state index >= 15 is 0 Å². The molecule has 2 aliphatic rings. The summed E-state index contributed by atoms with van der Waals surface area (Å²) >= 11 is 0. The summed E-state index contributed by atoms with van der Waals surface area (Å²) in [5.41, 5.74) is 2.36. The van der Waals surface area contributed by atoms with Gasteiger partial charge in [0.1, 0.15) is 34.6 Å². The smallest absolute Gasteiger partial charge is 0.408 e. The van der Waals surface area contributed by atoms with Gasteiger partial charge in [-0.15, -0.1) is 0 Å². The molecule has 256 valence electrons. The van der Waals surface area contributed by atoms with Gasteiger partial charge in [-0.3, -0.25) is 9.59 Å². The average Bonchev–Trinajstić information content (AvgIpc) is 3.24. The quantitative estimate of drug-likeness (QED) is 0.226. The number of carbonyl (C=O) groups is 4. The van der Waals surface area contributed by atoms with Crippen LogP contribution in [0.4, 0.5) is 15.4 Å². The monoisotopic (exact) mass is 661 g/mol. The fraction of sp³-hybridized carbons (Fsp3) is 0.457. The average molecular weight is 662 g/mol. The van der Waals surface area contributed by atoms with Crippen molar-refractivity contribution < 1.29 is 38.2 Å². The number of pyridine rings is 1. The first-order valence-corrected chi connectivity index (χ1v) is 16.2. The summed E-state index contributed by atoms with van der Waals surface area (Å²) in [4.78, 5) is 54.9. The molecule has 0 radical (unpaired) electrons. The van der Waals surface area contributed by atoms with E-state index in [2.05, 4.69) is 20.9 Å². The van der Waals surface area contributed by atoms with Gasteiger partial charge in [0.15, 0.2) is 0 Å². The second kappa shape index (κ2) is 14.4. The molecule has 5 rings (SSSR count). The number of amides is 4. The third-order valence-corrected chi connectivity index (χ3v) is 8.42. The van der Waals surface area contributed by atoms with Crippen LogP contribution >= 0.6 is 0 Å². The number of benzene rings is 1. The molecular weight excluding hydrogens is 618 g/mol. The highest BCUT2D eigenvalue weighted by Gasteiger charge is 2.28. The van der Waals surface area contributed by atoms with E-state index < -0.39 is 23.8 Å². The van der Waals surface area contributed by atoms with Gasteiger partial charge in [0.2, 0.25) is 11.8 Å². The normalized spacial score (nSPS) is 19.6. The van der Waals surface area contributed by atoms with E-state index in [-0.39, 0.29) is 30.5 Å². The van der Waals surface area contributed by atoms with Crippen molar-refractivity contribution in [1.29, 1.82) is 0 Å². The third kappa shape index (κ3) is 8.64. The summed E-state index contributed by atoms with van der Waals surface area (Å²) in [7, 11) is 1.70. The van der Waals surface area contributed by atoms with Crippen LogP contribution in [0, 0.1) is 6.92 Å². The molecule has 1 fully saturated rings. The van der Waals surface area contributed by atoms with Gasteiger partial charge in [0.25, 0.3) is 0 Å². The lowest BCUT2D eigenvalue weighted by Gasteiger charge is -2.29. The Bertz CT molecular complexity index is 1720. The lowest BCUT2D eigenvalue weighted by Crippen LogP contribution is -2.45. The number of aromatic nitrogens is 1. The number of likely N-dealkylation sites (N-methyl/N-ethyl adjacent to an activating group) is 1. The van der Waals surface area contributed by atoms with Crippen LogP contribution in [0.25, 0.3) is 17.0 Å². The molecule has 13 nitrogen and oxygen atoms in total. The predicted octanol–water partition coefficient (Wildman–Crippen LogP) is 5.54. The van der Waals surface area contributed by atoms with Crippen molar-refractivity contribution in [3.63, 3.8) is 0 Å². The van der Waals surface area contributed by atoms with Gasteiger partial charge in [-0.2, -0.15) is 0 Å². The summed E-state index contributed by atoms with van der Waals surface area (Å²) in [5.74, 6) is 1.17. The number of aryl methyl sites for hydroxylation is 2. The number of anilines is 1. The first-order chi connectivity index (χ1) is 22.8. The Kier molecular flexibility index (Phi) is 10.3. The van der Waals surface area contributed by atoms with E-state index in [9.17, 15) is 19.2 Å². The third-order valence-electron chi connectivity index (χ3n) is 8.42. The topological polar surface area (TPSA) is 172 Å². The zero-order chi connectivity index (χ0) is 34.6. The lowest BCUT2D eigenvalue weighted by atomic mass is 9.93. The number of ether oxygens (including phenoxy) is 2. The minimum atomic E-state index is -1.00. The molecule has 4 N–H and O–H groups in total. The SMILES string of the molecule is Cc1c(CN(C)C(=O)/C=C/c2cnc3c(c2)CCC(NC(=O)OC(C)(C)C)C(=O)N3)oc2cccc(O[C@H]3CC[C@H](NC(=O)O)CC3)c12. The van der Waals surface area contributed by atoms with Crippen molar-refractivity contribution in [3.05, 3.63) is 59.0 Å². The van der Waals surface area contributed by atoms with Gasteiger partial charge in [-0.25, -0.2) is 14.6 Å².